The molecule has 0 aliphatic heterocycles. The van der Waals surface area contributed by atoms with Crippen molar-refractivity contribution in [3.05, 3.63) is 69.2 Å². The van der Waals surface area contributed by atoms with E-state index in [9.17, 15) is 14.9 Å². The third-order valence-corrected chi connectivity index (χ3v) is 3.32. The van der Waals surface area contributed by atoms with E-state index >= 15 is 0 Å². The standard InChI is InChI=1S/C15H14ClN3O3/c1-18(10-11-5-3-2-4-6-11)15(20)17-12-7-8-13(16)14(9-12)19(21)22/h2-9H,10H2,1H3,(H,17,20). The van der Waals surface area contributed by atoms with Gasteiger partial charge in [0.25, 0.3) is 5.69 Å². The Labute approximate surface area is 132 Å². The highest BCUT2D eigenvalue weighted by molar-refractivity contribution is 6.32. The first kappa shape index (κ1) is 15.8. The molecule has 0 aliphatic rings. The van der Waals surface area contributed by atoms with Crippen molar-refractivity contribution in [2.45, 2.75) is 6.54 Å². The van der Waals surface area contributed by atoms with Crippen molar-refractivity contribution in [2.75, 3.05) is 12.4 Å². The van der Waals surface area contributed by atoms with Crippen LogP contribution in [0.15, 0.2) is 48.5 Å². The largest absolute Gasteiger partial charge is 0.323 e. The van der Waals surface area contributed by atoms with Crippen molar-refractivity contribution in [2.24, 2.45) is 0 Å². The lowest BCUT2D eigenvalue weighted by atomic mass is 10.2. The fraction of sp³-hybridized carbons (Fsp3) is 0.133. The lowest BCUT2D eigenvalue weighted by molar-refractivity contribution is -0.384. The van der Waals surface area contributed by atoms with Gasteiger partial charge >= 0.3 is 6.03 Å². The van der Waals surface area contributed by atoms with Crippen LogP contribution in [0.2, 0.25) is 5.02 Å². The summed E-state index contributed by atoms with van der Waals surface area (Å²) in [5.74, 6) is 0. The van der Waals surface area contributed by atoms with Crippen LogP contribution in [0.4, 0.5) is 16.2 Å². The Morgan fingerprint density at radius 3 is 2.59 bits per heavy atom. The Kier molecular flexibility index (Phi) is 4.95. The van der Waals surface area contributed by atoms with Gasteiger partial charge in [-0.05, 0) is 17.7 Å². The SMILES string of the molecule is CN(Cc1ccccc1)C(=O)Nc1ccc(Cl)c([N+](=O)[O-])c1. The summed E-state index contributed by atoms with van der Waals surface area (Å²) in [6.07, 6.45) is 0. The average Bonchev–Trinajstić information content (AvgIpc) is 2.49. The number of carbonyl (C=O) groups excluding carboxylic acids is 1. The summed E-state index contributed by atoms with van der Waals surface area (Å²) in [4.78, 5) is 23.8. The molecule has 0 radical (unpaired) electrons. The zero-order valence-corrected chi connectivity index (χ0v) is 12.6. The van der Waals surface area contributed by atoms with E-state index in [2.05, 4.69) is 5.32 Å². The van der Waals surface area contributed by atoms with E-state index in [1.54, 1.807) is 7.05 Å². The molecule has 2 aromatic carbocycles. The van der Waals surface area contributed by atoms with Gasteiger partial charge in [-0.2, -0.15) is 0 Å². The third kappa shape index (κ3) is 3.95. The fourth-order valence-corrected chi connectivity index (χ4v) is 2.06. The topological polar surface area (TPSA) is 75.5 Å². The molecule has 6 nitrogen and oxygen atoms in total. The van der Waals surface area contributed by atoms with Gasteiger partial charge in [0.2, 0.25) is 0 Å². The minimum absolute atomic E-state index is 0.0284. The number of nitro benzene ring substituents is 1. The normalized spacial score (nSPS) is 10.1. The first-order valence-electron chi connectivity index (χ1n) is 6.47. The predicted octanol–water partition coefficient (Wildman–Crippen LogP) is 3.91. The van der Waals surface area contributed by atoms with Gasteiger partial charge in [0.1, 0.15) is 5.02 Å². The van der Waals surface area contributed by atoms with Gasteiger partial charge in [-0.25, -0.2) is 4.79 Å². The summed E-state index contributed by atoms with van der Waals surface area (Å²) in [5, 5.41) is 13.5. The number of halogens is 1. The molecule has 0 bridgehead atoms. The van der Waals surface area contributed by atoms with Gasteiger partial charge in [-0.3, -0.25) is 10.1 Å². The molecule has 1 N–H and O–H groups in total. The van der Waals surface area contributed by atoms with Crippen molar-refractivity contribution in [1.29, 1.82) is 0 Å². The second-order valence-electron chi connectivity index (χ2n) is 4.70. The quantitative estimate of drug-likeness (QED) is 0.685. The highest BCUT2D eigenvalue weighted by atomic mass is 35.5. The van der Waals surface area contributed by atoms with E-state index < -0.39 is 4.92 Å². The number of hydrogen-bond donors (Lipinski definition) is 1. The van der Waals surface area contributed by atoms with E-state index in [4.69, 9.17) is 11.6 Å². The summed E-state index contributed by atoms with van der Waals surface area (Å²) in [6, 6.07) is 13.3. The van der Waals surface area contributed by atoms with Crippen molar-refractivity contribution in [1.82, 2.24) is 4.90 Å². The van der Waals surface area contributed by atoms with Gasteiger partial charge in [0.15, 0.2) is 0 Å². The first-order valence-corrected chi connectivity index (χ1v) is 6.85. The highest BCUT2D eigenvalue weighted by Gasteiger charge is 2.15. The second kappa shape index (κ2) is 6.91. The minimum Gasteiger partial charge on any atom is -0.323 e. The number of nitrogens with zero attached hydrogens (tertiary/aromatic N) is 2. The number of hydrogen-bond acceptors (Lipinski definition) is 3. The molecule has 22 heavy (non-hydrogen) atoms. The van der Waals surface area contributed by atoms with E-state index in [0.29, 0.717) is 12.2 Å². The number of urea groups is 1. The number of nitrogens with one attached hydrogen (secondary N) is 1. The molecule has 2 amide bonds. The maximum Gasteiger partial charge on any atom is 0.321 e. The summed E-state index contributed by atoms with van der Waals surface area (Å²) < 4.78 is 0. The molecule has 0 fully saturated rings. The molecule has 0 heterocycles. The summed E-state index contributed by atoms with van der Waals surface area (Å²) in [5.41, 5.74) is 1.06. The zero-order chi connectivity index (χ0) is 16.1. The van der Waals surface area contributed by atoms with Crippen molar-refractivity contribution in [3.8, 4) is 0 Å². The molecule has 2 rings (SSSR count). The molecule has 114 valence electrons. The molecule has 2 aromatic rings. The molecule has 0 saturated carbocycles. The van der Waals surface area contributed by atoms with Gasteiger partial charge < -0.3 is 10.2 Å². The molecule has 0 spiro atoms. The molecule has 0 aliphatic carbocycles. The van der Waals surface area contributed by atoms with E-state index in [1.165, 1.54) is 23.1 Å². The van der Waals surface area contributed by atoms with Crippen LogP contribution in [0.25, 0.3) is 0 Å². The van der Waals surface area contributed by atoms with E-state index in [-0.39, 0.29) is 16.7 Å². The molecular weight excluding hydrogens is 306 g/mol. The molecule has 0 saturated heterocycles. The zero-order valence-electron chi connectivity index (χ0n) is 11.8. The fourth-order valence-electron chi connectivity index (χ4n) is 1.88. The van der Waals surface area contributed by atoms with E-state index in [1.807, 2.05) is 30.3 Å². The number of benzene rings is 2. The van der Waals surface area contributed by atoms with E-state index in [0.717, 1.165) is 5.56 Å². The van der Waals surface area contributed by atoms with Gasteiger partial charge in [-0.1, -0.05) is 41.9 Å². The van der Waals surface area contributed by atoms with Crippen LogP contribution in [0.3, 0.4) is 0 Å². The Hall–Kier alpha value is -2.60. The average molecular weight is 320 g/mol. The van der Waals surface area contributed by atoms with Crippen LogP contribution in [-0.2, 0) is 6.54 Å². The first-order chi connectivity index (χ1) is 10.5. The second-order valence-corrected chi connectivity index (χ2v) is 5.10. The lowest BCUT2D eigenvalue weighted by Gasteiger charge is -2.18. The van der Waals surface area contributed by atoms with Gasteiger partial charge in [0, 0.05) is 25.3 Å². The maximum absolute atomic E-state index is 12.1. The van der Waals surface area contributed by atoms with Crippen LogP contribution >= 0.6 is 11.6 Å². The molecule has 7 heteroatoms. The van der Waals surface area contributed by atoms with Crippen molar-refractivity contribution in [3.63, 3.8) is 0 Å². The van der Waals surface area contributed by atoms with Gasteiger partial charge in [-0.15, -0.1) is 0 Å². The number of nitro groups is 1. The van der Waals surface area contributed by atoms with Crippen LogP contribution in [-0.4, -0.2) is 22.9 Å². The Balaban J connectivity index is 2.05. The number of anilines is 1. The van der Waals surface area contributed by atoms with Crippen LogP contribution in [0.1, 0.15) is 5.56 Å². The number of amides is 2. The Morgan fingerprint density at radius 2 is 1.95 bits per heavy atom. The third-order valence-electron chi connectivity index (χ3n) is 3.00. The van der Waals surface area contributed by atoms with Crippen LogP contribution < -0.4 is 5.32 Å². The number of carbonyl (C=O) groups is 1. The maximum atomic E-state index is 12.1. The Morgan fingerprint density at radius 1 is 1.27 bits per heavy atom. The lowest BCUT2D eigenvalue weighted by Crippen LogP contribution is -2.30. The van der Waals surface area contributed by atoms with Gasteiger partial charge in [0.05, 0.1) is 4.92 Å². The highest BCUT2D eigenvalue weighted by Crippen LogP contribution is 2.27. The molecule has 0 aromatic heterocycles. The molecular formula is C15H14ClN3O3. The smallest absolute Gasteiger partial charge is 0.321 e. The summed E-state index contributed by atoms with van der Waals surface area (Å²) in [6.45, 7) is 0.433. The van der Waals surface area contributed by atoms with Crippen LogP contribution in [0, 0.1) is 10.1 Å². The summed E-state index contributed by atoms with van der Waals surface area (Å²) >= 11 is 5.73. The van der Waals surface area contributed by atoms with Crippen molar-refractivity contribution >= 4 is 29.0 Å². The summed E-state index contributed by atoms with van der Waals surface area (Å²) in [7, 11) is 1.65. The Bertz CT molecular complexity index is 692. The minimum atomic E-state index is -0.592. The van der Waals surface area contributed by atoms with Crippen molar-refractivity contribution < 1.29 is 9.72 Å². The molecule has 0 unspecified atom stereocenters. The predicted molar refractivity (Wildman–Crippen MR) is 85.0 cm³/mol. The number of rotatable bonds is 4. The monoisotopic (exact) mass is 319 g/mol. The molecule has 0 atom stereocenters. The van der Waals surface area contributed by atoms with Crippen LogP contribution in [0.5, 0.6) is 0 Å².